The van der Waals surface area contributed by atoms with Crippen molar-refractivity contribution in [2.75, 3.05) is 40.3 Å². The van der Waals surface area contributed by atoms with Crippen LogP contribution in [0.4, 0.5) is 0 Å². The summed E-state index contributed by atoms with van der Waals surface area (Å²) in [6, 6.07) is 10.2. The fraction of sp³-hybridized carbons (Fsp3) is 0.500. The largest absolute Gasteiger partial charge is 0.480 e. The summed E-state index contributed by atoms with van der Waals surface area (Å²) >= 11 is 0. The molecule has 4 heteroatoms. The predicted octanol–water partition coefficient (Wildman–Crippen LogP) is 1.18. The van der Waals surface area contributed by atoms with Crippen molar-refractivity contribution in [1.29, 1.82) is 0 Å². The average molecular weight is 250 g/mol. The lowest BCUT2D eigenvalue weighted by Gasteiger charge is -2.22. The lowest BCUT2D eigenvalue weighted by molar-refractivity contribution is -0.138. The SMILES string of the molecule is CN(C)CCN(CCc1ccccc1)CC(=O)O. The van der Waals surface area contributed by atoms with Crippen LogP contribution in [0, 0.1) is 0 Å². The fourth-order valence-electron chi connectivity index (χ4n) is 1.73. The minimum atomic E-state index is -0.762. The maximum Gasteiger partial charge on any atom is 0.317 e. The first-order chi connectivity index (χ1) is 8.58. The van der Waals surface area contributed by atoms with E-state index in [-0.39, 0.29) is 6.54 Å². The first-order valence-corrected chi connectivity index (χ1v) is 6.20. The molecular formula is C14H22N2O2. The van der Waals surface area contributed by atoms with E-state index in [2.05, 4.69) is 17.0 Å². The van der Waals surface area contributed by atoms with Crippen LogP contribution in [0.1, 0.15) is 5.56 Å². The molecule has 0 unspecified atom stereocenters. The average Bonchev–Trinajstić information content (AvgIpc) is 2.33. The van der Waals surface area contributed by atoms with Gasteiger partial charge in [-0.15, -0.1) is 0 Å². The fourth-order valence-corrected chi connectivity index (χ4v) is 1.73. The zero-order valence-electron chi connectivity index (χ0n) is 11.2. The molecule has 1 N–H and O–H groups in total. The van der Waals surface area contributed by atoms with E-state index >= 15 is 0 Å². The van der Waals surface area contributed by atoms with Crippen molar-refractivity contribution in [3.05, 3.63) is 35.9 Å². The van der Waals surface area contributed by atoms with Crippen molar-refractivity contribution in [3.8, 4) is 0 Å². The van der Waals surface area contributed by atoms with Crippen molar-refractivity contribution in [1.82, 2.24) is 9.80 Å². The van der Waals surface area contributed by atoms with Gasteiger partial charge in [-0.05, 0) is 26.1 Å². The third-order valence-electron chi connectivity index (χ3n) is 2.78. The van der Waals surface area contributed by atoms with E-state index < -0.39 is 5.97 Å². The molecule has 0 heterocycles. The number of carboxylic acid groups (broad SMARTS) is 1. The van der Waals surface area contributed by atoms with Crippen LogP contribution in [-0.4, -0.2) is 61.2 Å². The summed E-state index contributed by atoms with van der Waals surface area (Å²) in [5.41, 5.74) is 1.25. The van der Waals surface area contributed by atoms with Gasteiger partial charge in [-0.2, -0.15) is 0 Å². The number of carboxylic acids is 1. The highest BCUT2D eigenvalue weighted by Gasteiger charge is 2.09. The van der Waals surface area contributed by atoms with Crippen molar-refractivity contribution >= 4 is 5.97 Å². The molecule has 0 aliphatic carbocycles. The van der Waals surface area contributed by atoms with E-state index in [9.17, 15) is 4.79 Å². The lowest BCUT2D eigenvalue weighted by Crippen LogP contribution is -2.36. The zero-order chi connectivity index (χ0) is 13.4. The molecule has 0 aliphatic heterocycles. The summed E-state index contributed by atoms with van der Waals surface area (Å²) in [7, 11) is 3.99. The van der Waals surface area contributed by atoms with Crippen LogP contribution in [0.5, 0.6) is 0 Å². The summed E-state index contributed by atoms with van der Waals surface area (Å²) in [5, 5.41) is 8.89. The highest BCUT2D eigenvalue weighted by Crippen LogP contribution is 2.01. The molecule has 100 valence electrons. The summed E-state index contributed by atoms with van der Waals surface area (Å²) in [5.74, 6) is -0.762. The molecule has 1 rings (SSSR count). The molecule has 4 nitrogen and oxygen atoms in total. The van der Waals surface area contributed by atoms with Crippen LogP contribution >= 0.6 is 0 Å². The van der Waals surface area contributed by atoms with Gasteiger partial charge in [0.1, 0.15) is 0 Å². The van der Waals surface area contributed by atoms with Gasteiger partial charge in [-0.1, -0.05) is 30.3 Å². The Morgan fingerprint density at radius 3 is 2.33 bits per heavy atom. The van der Waals surface area contributed by atoms with Crippen LogP contribution in [0.25, 0.3) is 0 Å². The molecule has 0 spiro atoms. The number of aliphatic carboxylic acids is 1. The standard InChI is InChI=1S/C14H22N2O2/c1-15(2)10-11-16(12-14(17)18)9-8-13-6-4-3-5-7-13/h3-7H,8-12H2,1-2H3,(H,17,18). The molecular weight excluding hydrogens is 228 g/mol. The summed E-state index contributed by atoms with van der Waals surface area (Å²) in [6.45, 7) is 2.55. The Morgan fingerprint density at radius 2 is 1.78 bits per heavy atom. The Labute approximate surface area is 109 Å². The number of hydrogen-bond acceptors (Lipinski definition) is 3. The van der Waals surface area contributed by atoms with Crippen LogP contribution < -0.4 is 0 Å². The smallest absolute Gasteiger partial charge is 0.317 e. The second-order valence-electron chi connectivity index (χ2n) is 4.71. The Bertz CT molecular complexity index is 352. The van der Waals surface area contributed by atoms with Gasteiger partial charge in [0.25, 0.3) is 0 Å². The van der Waals surface area contributed by atoms with Crippen LogP contribution in [0.2, 0.25) is 0 Å². The molecule has 0 amide bonds. The Balaban J connectivity index is 2.42. The molecule has 0 bridgehead atoms. The van der Waals surface area contributed by atoms with Crippen molar-refractivity contribution < 1.29 is 9.90 Å². The minimum Gasteiger partial charge on any atom is -0.480 e. The molecule has 0 radical (unpaired) electrons. The van der Waals surface area contributed by atoms with Gasteiger partial charge in [-0.25, -0.2) is 0 Å². The molecule has 0 aliphatic rings. The number of likely N-dealkylation sites (N-methyl/N-ethyl adjacent to an activating group) is 1. The Morgan fingerprint density at radius 1 is 1.11 bits per heavy atom. The highest BCUT2D eigenvalue weighted by molar-refractivity contribution is 5.69. The van der Waals surface area contributed by atoms with Crippen LogP contribution in [0.15, 0.2) is 30.3 Å². The van der Waals surface area contributed by atoms with Gasteiger partial charge in [0.2, 0.25) is 0 Å². The number of carbonyl (C=O) groups is 1. The number of benzene rings is 1. The van der Waals surface area contributed by atoms with Gasteiger partial charge in [0.05, 0.1) is 6.54 Å². The number of hydrogen-bond donors (Lipinski definition) is 1. The molecule has 0 fully saturated rings. The van der Waals surface area contributed by atoms with Gasteiger partial charge >= 0.3 is 5.97 Å². The summed E-state index contributed by atoms with van der Waals surface area (Å²) in [6.07, 6.45) is 0.890. The molecule has 0 saturated carbocycles. The maximum absolute atomic E-state index is 10.8. The normalized spacial score (nSPS) is 11.1. The summed E-state index contributed by atoms with van der Waals surface area (Å²) < 4.78 is 0. The topological polar surface area (TPSA) is 43.8 Å². The first-order valence-electron chi connectivity index (χ1n) is 6.20. The highest BCUT2D eigenvalue weighted by atomic mass is 16.4. The third kappa shape index (κ3) is 6.37. The van der Waals surface area contributed by atoms with Crippen molar-refractivity contribution in [2.24, 2.45) is 0 Å². The molecule has 0 aromatic heterocycles. The quantitative estimate of drug-likeness (QED) is 0.752. The first kappa shape index (κ1) is 14.7. The number of rotatable bonds is 8. The van der Waals surface area contributed by atoms with E-state index in [0.717, 1.165) is 26.1 Å². The van der Waals surface area contributed by atoms with Crippen molar-refractivity contribution in [2.45, 2.75) is 6.42 Å². The Hall–Kier alpha value is -1.39. The van der Waals surface area contributed by atoms with Crippen molar-refractivity contribution in [3.63, 3.8) is 0 Å². The summed E-state index contributed by atoms with van der Waals surface area (Å²) in [4.78, 5) is 14.9. The van der Waals surface area contributed by atoms with Gasteiger partial charge in [-0.3, -0.25) is 9.69 Å². The monoisotopic (exact) mass is 250 g/mol. The predicted molar refractivity (Wildman–Crippen MR) is 72.8 cm³/mol. The molecule has 18 heavy (non-hydrogen) atoms. The second kappa shape index (κ2) is 7.84. The molecule has 0 saturated heterocycles. The van der Waals surface area contributed by atoms with E-state index in [1.54, 1.807) is 0 Å². The maximum atomic E-state index is 10.8. The third-order valence-corrected chi connectivity index (χ3v) is 2.78. The molecule has 1 aromatic carbocycles. The lowest BCUT2D eigenvalue weighted by atomic mass is 10.1. The van der Waals surface area contributed by atoms with Crippen LogP contribution in [-0.2, 0) is 11.2 Å². The van der Waals surface area contributed by atoms with E-state index in [0.29, 0.717) is 0 Å². The van der Waals surface area contributed by atoms with Crippen LogP contribution in [0.3, 0.4) is 0 Å². The second-order valence-corrected chi connectivity index (χ2v) is 4.71. The zero-order valence-corrected chi connectivity index (χ0v) is 11.2. The van der Waals surface area contributed by atoms with E-state index in [1.165, 1.54) is 5.56 Å². The Kier molecular flexibility index (Phi) is 6.39. The molecule has 0 atom stereocenters. The minimum absolute atomic E-state index is 0.112. The van der Waals surface area contributed by atoms with Gasteiger partial charge < -0.3 is 10.0 Å². The van der Waals surface area contributed by atoms with Gasteiger partial charge in [0.15, 0.2) is 0 Å². The van der Waals surface area contributed by atoms with E-state index in [1.807, 2.05) is 37.2 Å². The molecule has 1 aromatic rings. The van der Waals surface area contributed by atoms with E-state index in [4.69, 9.17) is 5.11 Å². The number of nitrogens with zero attached hydrogens (tertiary/aromatic N) is 2. The van der Waals surface area contributed by atoms with Gasteiger partial charge in [0, 0.05) is 19.6 Å².